The highest BCUT2D eigenvalue weighted by atomic mass is 19.1. The molecule has 0 aliphatic carbocycles. The Hall–Kier alpha value is -2.40. The molecule has 0 fully saturated rings. The van der Waals surface area contributed by atoms with Gasteiger partial charge in [0.05, 0.1) is 17.1 Å². The molecule has 5 heteroatoms. The number of hydrogen-bond acceptors (Lipinski definition) is 3. The van der Waals surface area contributed by atoms with Gasteiger partial charge in [0.15, 0.2) is 0 Å². The average molecular weight is 271 g/mol. The van der Waals surface area contributed by atoms with Crippen molar-refractivity contribution in [3.05, 3.63) is 59.9 Å². The Kier molecular flexibility index (Phi) is 3.35. The van der Waals surface area contributed by atoms with E-state index in [1.807, 2.05) is 30.3 Å². The summed E-state index contributed by atoms with van der Waals surface area (Å²) in [7, 11) is 0. The van der Waals surface area contributed by atoms with Gasteiger partial charge in [-0.05, 0) is 23.8 Å². The highest BCUT2D eigenvalue weighted by molar-refractivity contribution is 5.77. The van der Waals surface area contributed by atoms with E-state index in [-0.39, 0.29) is 5.82 Å². The zero-order valence-corrected chi connectivity index (χ0v) is 10.7. The Labute approximate surface area is 115 Å². The van der Waals surface area contributed by atoms with Crippen LogP contribution in [0.15, 0.2) is 48.5 Å². The quantitative estimate of drug-likeness (QED) is 0.683. The molecule has 1 heterocycles. The first-order valence-electron chi connectivity index (χ1n) is 6.34. The van der Waals surface area contributed by atoms with Crippen molar-refractivity contribution in [3.8, 4) is 0 Å². The predicted molar refractivity (Wildman–Crippen MR) is 75.9 cm³/mol. The number of H-pyrrole nitrogens is 1. The molecule has 0 amide bonds. The summed E-state index contributed by atoms with van der Waals surface area (Å²) in [4.78, 5) is 7.24. The topological polar surface area (TPSA) is 60.9 Å². The summed E-state index contributed by atoms with van der Waals surface area (Å²) >= 11 is 0. The summed E-state index contributed by atoms with van der Waals surface area (Å²) in [5, 5.41) is 13.0. The molecule has 102 valence electrons. The van der Waals surface area contributed by atoms with Gasteiger partial charge in [-0.3, -0.25) is 0 Å². The second-order valence-corrected chi connectivity index (χ2v) is 4.55. The molecule has 3 rings (SSSR count). The number of aliphatic hydroxyl groups is 1. The van der Waals surface area contributed by atoms with E-state index in [1.54, 1.807) is 6.07 Å². The van der Waals surface area contributed by atoms with Crippen LogP contribution in [0.5, 0.6) is 0 Å². The van der Waals surface area contributed by atoms with E-state index >= 15 is 0 Å². The lowest BCUT2D eigenvalue weighted by atomic mass is 10.1. The molecule has 4 nitrogen and oxygen atoms in total. The lowest BCUT2D eigenvalue weighted by Gasteiger charge is -2.11. The van der Waals surface area contributed by atoms with Crippen molar-refractivity contribution in [2.45, 2.75) is 6.10 Å². The molecule has 0 radical (unpaired) electrons. The zero-order valence-electron chi connectivity index (χ0n) is 10.7. The van der Waals surface area contributed by atoms with Gasteiger partial charge in [0.25, 0.3) is 0 Å². The van der Waals surface area contributed by atoms with Crippen LogP contribution in [0.3, 0.4) is 0 Å². The molecule has 1 unspecified atom stereocenters. The molecule has 3 aromatic rings. The Morgan fingerprint density at radius 2 is 2.00 bits per heavy atom. The molecule has 0 bridgehead atoms. The lowest BCUT2D eigenvalue weighted by Crippen LogP contribution is -2.12. The second-order valence-electron chi connectivity index (χ2n) is 4.55. The monoisotopic (exact) mass is 271 g/mol. The standard InChI is InChI=1S/C15H14FN3O/c16-11-6-7-12-13(8-11)19-15(18-12)17-9-14(20)10-4-2-1-3-5-10/h1-8,14,20H,9H2,(H2,17,18,19). The van der Waals surface area contributed by atoms with Crippen molar-refractivity contribution in [2.24, 2.45) is 0 Å². The predicted octanol–water partition coefficient (Wildman–Crippen LogP) is 2.85. The van der Waals surface area contributed by atoms with Gasteiger partial charge in [-0.25, -0.2) is 9.37 Å². The fourth-order valence-corrected chi connectivity index (χ4v) is 2.05. The van der Waals surface area contributed by atoms with Gasteiger partial charge in [0.1, 0.15) is 5.82 Å². The minimum Gasteiger partial charge on any atom is -0.387 e. The maximum atomic E-state index is 13.1. The number of fused-ring (bicyclic) bond motifs is 1. The third-order valence-electron chi connectivity index (χ3n) is 3.09. The summed E-state index contributed by atoms with van der Waals surface area (Å²) in [5.41, 5.74) is 2.15. The summed E-state index contributed by atoms with van der Waals surface area (Å²) in [6.45, 7) is 0.326. The summed E-state index contributed by atoms with van der Waals surface area (Å²) < 4.78 is 13.1. The smallest absolute Gasteiger partial charge is 0.201 e. The van der Waals surface area contributed by atoms with Gasteiger partial charge in [-0.1, -0.05) is 30.3 Å². The first-order chi connectivity index (χ1) is 9.72. The minimum atomic E-state index is -0.624. The van der Waals surface area contributed by atoms with E-state index in [4.69, 9.17) is 0 Å². The fraction of sp³-hybridized carbons (Fsp3) is 0.133. The van der Waals surface area contributed by atoms with Crippen LogP contribution in [0.25, 0.3) is 11.0 Å². The van der Waals surface area contributed by atoms with E-state index in [0.717, 1.165) is 5.56 Å². The Morgan fingerprint density at radius 1 is 1.20 bits per heavy atom. The van der Waals surface area contributed by atoms with Gasteiger partial charge >= 0.3 is 0 Å². The first kappa shape index (κ1) is 12.6. The van der Waals surface area contributed by atoms with Gasteiger partial charge < -0.3 is 15.4 Å². The van der Waals surface area contributed by atoms with Crippen molar-refractivity contribution in [2.75, 3.05) is 11.9 Å². The summed E-state index contributed by atoms with van der Waals surface area (Å²) in [6, 6.07) is 13.7. The van der Waals surface area contributed by atoms with Crippen molar-refractivity contribution < 1.29 is 9.50 Å². The zero-order chi connectivity index (χ0) is 13.9. The third-order valence-corrected chi connectivity index (χ3v) is 3.09. The number of nitrogens with zero attached hydrogens (tertiary/aromatic N) is 1. The second kappa shape index (κ2) is 5.30. The molecular formula is C15H14FN3O. The van der Waals surface area contributed by atoms with Gasteiger partial charge in [-0.2, -0.15) is 0 Å². The van der Waals surface area contributed by atoms with E-state index in [9.17, 15) is 9.50 Å². The Bertz CT molecular complexity index is 711. The van der Waals surface area contributed by atoms with Crippen molar-refractivity contribution in [3.63, 3.8) is 0 Å². The van der Waals surface area contributed by atoms with Crippen LogP contribution in [0, 0.1) is 5.82 Å². The van der Waals surface area contributed by atoms with Crippen molar-refractivity contribution in [1.29, 1.82) is 0 Å². The molecular weight excluding hydrogens is 257 g/mol. The van der Waals surface area contributed by atoms with Crippen LogP contribution in [-0.2, 0) is 0 Å². The number of halogens is 1. The van der Waals surface area contributed by atoms with Crippen LogP contribution in [0.2, 0.25) is 0 Å². The molecule has 0 saturated heterocycles. The number of benzene rings is 2. The van der Waals surface area contributed by atoms with Crippen LogP contribution >= 0.6 is 0 Å². The molecule has 0 saturated carbocycles. The molecule has 1 atom stereocenters. The molecule has 3 N–H and O–H groups in total. The van der Waals surface area contributed by atoms with E-state index in [1.165, 1.54) is 12.1 Å². The number of nitrogens with one attached hydrogen (secondary N) is 2. The van der Waals surface area contributed by atoms with E-state index in [2.05, 4.69) is 15.3 Å². The van der Waals surface area contributed by atoms with Crippen LogP contribution < -0.4 is 5.32 Å². The Morgan fingerprint density at radius 3 is 2.80 bits per heavy atom. The molecule has 0 spiro atoms. The van der Waals surface area contributed by atoms with Crippen molar-refractivity contribution in [1.82, 2.24) is 9.97 Å². The van der Waals surface area contributed by atoms with Crippen LogP contribution in [-0.4, -0.2) is 21.6 Å². The number of anilines is 1. The number of rotatable bonds is 4. The minimum absolute atomic E-state index is 0.308. The SMILES string of the molecule is OC(CNc1nc2ccc(F)cc2[nH]1)c1ccccc1. The lowest BCUT2D eigenvalue weighted by molar-refractivity contribution is 0.191. The average Bonchev–Trinajstić information content (AvgIpc) is 2.87. The van der Waals surface area contributed by atoms with Gasteiger partial charge in [-0.15, -0.1) is 0 Å². The molecule has 1 aromatic heterocycles. The highest BCUT2D eigenvalue weighted by Gasteiger charge is 2.08. The first-order valence-corrected chi connectivity index (χ1v) is 6.34. The van der Waals surface area contributed by atoms with Gasteiger partial charge in [0.2, 0.25) is 5.95 Å². The number of aliphatic hydroxyl groups excluding tert-OH is 1. The molecule has 0 aliphatic rings. The number of hydrogen-bond donors (Lipinski definition) is 3. The van der Waals surface area contributed by atoms with Crippen LogP contribution in [0.1, 0.15) is 11.7 Å². The van der Waals surface area contributed by atoms with E-state index in [0.29, 0.717) is 23.5 Å². The normalized spacial score (nSPS) is 12.5. The maximum Gasteiger partial charge on any atom is 0.201 e. The Balaban J connectivity index is 1.71. The third kappa shape index (κ3) is 2.62. The largest absolute Gasteiger partial charge is 0.387 e. The van der Waals surface area contributed by atoms with Gasteiger partial charge in [0, 0.05) is 6.54 Å². The summed E-state index contributed by atoms with van der Waals surface area (Å²) in [5.74, 6) is 0.206. The van der Waals surface area contributed by atoms with E-state index < -0.39 is 6.10 Å². The fourth-order valence-electron chi connectivity index (χ4n) is 2.05. The number of aromatic nitrogens is 2. The molecule has 20 heavy (non-hydrogen) atoms. The highest BCUT2D eigenvalue weighted by Crippen LogP contribution is 2.17. The van der Waals surface area contributed by atoms with Crippen molar-refractivity contribution >= 4 is 17.0 Å². The molecule has 0 aliphatic heterocycles. The molecule has 2 aromatic carbocycles. The summed E-state index contributed by atoms with van der Waals surface area (Å²) in [6.07, 6.45) is -0.624. The maximum absolute atomic E-state index is 13.1. The number of imidazole rings is 1. The number of aromatic amines is 1. The van der Waals surface area contributed by atoms with Crippen LogP contribution in [0.4, 0.5) is 10.3 Å².